The second-order valence-corrected chi connectivity index (χ2v) is 6.44. The van der Waals surface area contributed by atoms with Gasteiger partial charge >= 0.3 is 0 Å². The molecule has 4 rings (SSSR count). The van der Waals surface area contributed by atoms with Gasteiger partial charge in [-0.1, -0.05) is 0 Å². The number of rotatable bonds is 0. The van der Waals surface area contributed by atoms with Crippen molar-refractivity contribution in [1.82, 2.24) is 0 Å². The molecule has 4 aromatic carbocycles. The van der Waals surface area contributed by atoms with E-state index in [1.54, 1.807) is 36.4 Å². The van der Waals surface area contributed by atoms with Crippen LogP contribution in [0.5, 0.6) is 0 Å². The average molecular weight is 378 g/mol. The van der Waals surface area contributed by atoms with Gasteiger partial charge in [0.05, 0.1) is 47.5 Å². The van der Waals surface area contributed by atoms with Gasteiger partial charge in [0, 0.05) is 0 Å². The molecule has 0 saturated heterocycles. The normalized spacial score (nSPS) is 9.80. The van der Waals surface area contributed by atoms with Crippen molar-refractivity contribution in [3.05, 3.63) is 81.5 Å². The zero-order chi connectivity index (χ0) is 21.4. The molecule has 0 aliphatic heterocycles. The Hall–Kier alpha value is -5.40. The summed E-state index contributed by atoms with van der Waals surface area (Å²) in [6.07, 6.45) is 0. The van der Waals surface area contributed by atoms with Crippen LogP contribution in [0.25, 0.3) is 42.0 Å². The minimum Gasteiger partial charge on any atom is -0.237 e. The Morgan fingerprint density at radius 1 is 0.467 bits per heavy atom. The first kappa shape index (κ1) is 18.0. The molecular formula is C24H6N6. The maximum absolute atomic E-state index is 9.46. The van der Waals surface area contributed by atoms with Crippen LogP contribution in [0.3, 0.4) is 0 Å². The number of benzene rings is 4. The zero-order valence-electron chi connectivity index (χ0n) is 15.1. The molecule has 30 heavy (non-hydrogen) atoms. The molecule has 4 aromatic rings. The van der Waals surface area contributed by atoms with Crippen LogP contribution in [-0.2, 0) is 0 Å². The van der Waals surface area contributed by atoms with Crippen LogP contribution in [0.15, 0.2) is 36.4 Å². The van der Waals surface area contributed by atoms with E-state index in [4.69, 9.17) is 13.1 Å². The fourth-order valence-corrected chi connectivity index (χ4v) is 3.66. The maximum Gasteiger partial charge on any atom is 0.205 e. The standard InChI is InChI=1S/C24H6N6/c1-29-23-7-21-19(5-15(23)11-27)17-3-13(9-25)14(10-26)4-18(17)20-6-16(12-28)24(30-2)8-22(20)21/h3-8H. The van der Waals surface area contributed by atoms with Crippen molar-refractivity contribution in [2.24, 2.45) is 0 Å². The molecule has 0 aromatic heterocycles. The number of hydrogen-bond donors (Lipinski definition) is 0. The Labute approximate surface area is 170 Å². The molecule has 0 fully saturated rings. The van der Waals surface area contributed by atoms with Crippen LogP contribution in [-0.4, -0.2) is 0 Å². The van der Waals surface area contributed by atoms with Gasteiger partial charge in [0.1, 0.15) is 12.1 Å². The van der Waals surface area contributed by atoms with Crippen molar-refractivity contribution in [1.29, 1.82) is 21.0 Å². The number of nitriles is 4. The van der Waals surface area contributed by atoms with E-state index in [0.29, 0.717) is 32.3 Å². The quantitative estimate of drug-likeness (QED) is 0.288. The number of nitrogens with zero attached hydrogens (tertiary/aromatic N) is 6. The maximum atomic E-state index is 9.46. The summed E-state index contributed by atoms with van der Waals surface area (Å²) in [6, 6.07) is 17.6. The highest BCUT2D eigenvalue weighted by Crippen LogP contribution is 2.41. The second kappa shape index (κ2) is 6.64. The molecule has 0 radical (unpaired) electrons. The van der Waals surface area contributed by atoms with Crippen molar-refractivity contribution in [3.63, 3.8) is 0 Å². The van der Waals surface area contributed by atoms with Crippen molar-refractivity contribution < 1.29 is 0 Å². The van der Waals surface area contributed by atoms with Gasteiger partial charge in [-0.25, -0.2) is 9.69 Å². The van der Waals surface area contributed by atoms with E-state index in [1.807, 2.05) is 24.3 Å². The van der Waals surface area contributed by atoms with Gasteiger partial charge in [0.2, 0.25) is 11.4 Å². The highest BCUT2D eigenvalue weighted by atomic mass is 14.7. The van der Waals surface area contributed by atoms with Gasteiger partial charge in [-0.3, -0.25) is 0 Å². The minimum absolute atomic E-state index is 0.175. The van der Waals surface area contributed by atoms with Gasteiger partial charge in [-0.05, 0) is 68.7 Å². The van der Waals surface area contributed by atoms with Gasteiger partial charge < -0.3 is 0 Å². The summed E-state index contributed by atoms with van der Waals surface area (Å²) in [5, 5.41) is 41.6. The van der Waals surface area contributed by atoms with E-state index in [1.165, 1.54) is 0 Å². The first-order valence-corrected chi connectivity index (χ1v) is 8.50. The summed E-state index contributed by atoms with van der Waals surface area (Å²) in [6.45, 7) is 14.8. The van der Waals surface area contributed by atoms with Crippen LogP contribution in [0.2, 0.25) is 0 Å². The molecule has 0 aliphatic carbocycles. The zero-order valence-corrected chi connectivity index (χ0v) is 15.1. The lowest BCUT2D eigenvalue weighted by Crippen LogP contribution is -1.90. The van der Waals surface area contributed by atoms with Gasteiger partial charge in [0.15, 0.2) is 0 Å². The van der Waals surface area contributed by atoms with Crippen LogP contribution in [0, 0.1) is 58.5 Å². The molecule has 0 heterocycles. The third-order valence-electron chi connectivity index (χ3n) is 5.02. The van der Waals surface area contributed by atoms with Crippen LogP contribution >= 0.6 is 0 Å². The molecule has 0 amide bonds. The largest absolute Gasteiger partial charge is 0.237 e. The second-order valence-electron chi connectivity index (χ2n) is 6.44. The van der Waals surface area contributed by atoms with Crippen LogP contribution < -0.4 is 0 Å². The fraction of sp³-hybridized carbons (Fsp3) is 0. The van der Waals surface area contributed by atoms with E-state index in [-0.39, 0.29) is 33.6 Å². The molecule has 0 unspecified atom stereocenters. The first-order valence-electron chi connectivity index (χ1n) is 8.50. The van der Waals surface area contributed by atoms with E-state index in [2.05, 4.69) is 9.69 Å². The van der Waals surface area contributed by atoms with Crippen LogP contribution in [0.1, 0.15) is 22.3 Å². The molecule has 132 valence electrons. The summed E-state index contributed by atoms with van der Waals surface area (Å²) in [7, 11) is 0. The van der Waals surface area contributed by atoms with Crippen molar-refractivity contribution in [3.8, 4) is 24.3 Å². The third kappa shape index (κ3) is 2.38. The van der Waals surface area contributed by atoms with Crippen molar-refractivity contribution in [2.45, 2.75) is 0 Å². The molecule has 0 spiro atoms. The Kier molecular flexibility index (Phi) is 3.98. The minimum atomic E-state index is 0.175. The summed E-state index contributed by atoms with van der Waals surface area (Å²) in [5.41, 5.74) is 1.12. The first-order chi connectivity index (χ1) is 14.6. The molecule has 6 nitrogen and oxygen atoms in total. The number of hydrogen-bond acceptors (Lipinski definition) is 4. The molecule has 0 atom stereocenters. The van der Waals surface area contributed by atoms with E-state index >= 15 is 0 Å². The van der Waals surface area contributed by atoms with Crippen molar-refractivity contribution >= 4 is 43.7 Å². The van der Waals surface area contributed by atoms with E-state index in [9.17, 15) is 21.0 Å². The summed E-state index contributed by atoms with van der Waals surface area (Å²) in [5.74, 6) is 0. The smallest absolute Gasteiger partial charge is 0.205 e. The molecule has 6 heteroatoms. The van der Waals surface area contributed by atoms with E-state index < -0.39 is 0 Å². The third-order valence-corrected chi connectivity index (χ3v) is 5.02. The topological polar surface area (TPSA) is 104 Å². The highest BCUT2D eigenvalue weighted by molar-refractivity contribution is 6.27. The summed E-state index contributed by atoms with van der Waals surface area (Å²) < 4.78 is 0. The van der Waals surface area contributed by atoms with Crippen molar-refractivity contribution in [2.75, 3.05) is 0 Å². The Morgan fingerprint density at radius 2 is 0.733 bits per heavy atom. The lowest BCUT2D eigenvalue weighted by atomic mass is 9.89. The molecule has 0 aliphatic rings. The highest BCUT2D eigenvalue weighted by Gasteiger charge is 2.17. The lowest BCUT2D eigenvalue weighted by molar-refractivity contribution is 1.45. The van der Waals surface area contributed by atoms with Gasteiger partial charge in [-0.15, -0.1) is 0 Å². The SMILES string of the molecule is [C-]#[N+]c1cc2c(cc1C#N)c1cc(C#N)c(C#N)cc1c1cc(C#N)c([N+]#[C-])cc12. The Bertz CT molecular complexity index is 1340. The molecule has 0 N–H and O–H groups in total. The van der Waals surface area contributed by atoms with Gasteiger partial charge in [-0.2, -0.15) is 21.0 Å². The Morgan fingerprint density at radius 3 is 1.00 bits per heavy atom. The average Bonchev–Trinajstić information content (AvgIpc) is 2.81. The van der Waals surface area contributed by atoms with Crippen LogP contribution in [0.4, 0.5) is 11.4 Å². The molecule has 0 saturated carbocycles. The molecule has 0 bridgehead atoms. The lowest BCUT2D eigenvalue weighted by Gasteiger charge is -2.13. The van der Waals surface area contributed by atoms with E-state index in [0.717, 1.165) is 0 Å². The summed E-state index contributed by atoms with van der Waals surface area (Å²) >= 11 is 0. The van der Waals surface area contributed by atoms with Gasteiger partial charge in [0.25, 0.3) is 0 Å². The Balaban J connectivity index is 2.42. The number of fused-ring (bicyclic) bond motifs is 6. The monoisotopic (exact) mass is 378 g/mol. The molecular weight excluding hydrogens is 372 g/mol. The predicted octanol–water partition coefficient (Wildman–Crippen LogP) is 5.73. The summed E-state index contributed by atoms with van der Waals surface area (Å²) in [4.78, 5) is 6.87. The fourth-order valence-electron chi connectivity index (χ4n) is 3.66. The predicted molar refractivity (Wildman–Crippen MR) is 110 cm³/mol.